The van der Waals surface area contributed by atoms with Crippen molar-refractivity contribution in [1.29, 1.82) is 0 Å². The maximum absolute atomic E-state index is 6.17. The van der Waals surface area contributed by atoms with Gasteiger partial charge < -0.3 is 4.52 Å². The van der Waals surface area contributed by atoms with Crippen LogP contribution < -0.4 is 0 Å². The van der Waals surface area contributed by atoms with E-state index < -0.39 is 0 Å². The Morgan fingerprint density at radius 1 is 0.825 bits per heavy atom. The van der Waals surface area contributed by atoms with E-state index >= 15 is 0 Å². The fourth-order valence-electron chi connectivity index (χ4n) is 6.36. The third kappa shape index (κ3) is 7.80. The van der Waals surface area contributed by atoms with Gasteiger partial charge in [-0.1, -0.05) is 59.2 Å². The predicted molar refractivity (Wildman–Crippen MR) is 170 cm³/mol. The maximum atomic E-state index is 6.17. The monoisotopic (exact) mass is 599 g/mol. The van der Waals surface area contributed by atoms with E-state index in [1.165, 1.54) is 72.8 Å². The van der Waals surface area contributed by atoms with Gasteiger partial charge in [-0.3, -0.25) is 9.80 Å². The second-order valence-corrected chi connectivity index (χ2v) is 11.7. The maximum Gasteiger partial charge on any atom is 0.167 e. The van der Waals surface area contributed by atoms with Crippen molar-refractivity contribution in [3.63, 3.8) is 0 Å². The molecule has 0 saturated carbocycles. The van der Waals surface area contributed by atoms with Crippen LogP contribution in [0.1, 0.15) is 60.1 Å². The van der Waals surface area contributed by atoms with Crippen LogP contribution in [0.2, 0.25) is 5.02 Å². The fraction of sp³-hybridized carbons (Fsp3) is 0.424. The van der Waals surface area contributed by atoms with Crippen LogP contribution in [0.5, 0.6) is 0 Å². The first-order valence-corrected chi connectivity index (χ1v) is 14.7. The first-order valence-electron chi connectivity index (χ1n) is 14.3. The molecular weight excluding hydrogens is 561 g/mol. The highest BCUT2D eigenvalue weighted by atomic mass is 35.5. The summed E-state index contributed by atoms with van der Waals surface area (Å²) in [5.41, 5.74) is 7.68. The van der Waals surface area contributed by atoms with Gasteiger partial charge in [0, 0.05) is 30.0 Å². The van der Waals surface area contributed by atoms with Crippen LogP contribution in [0.4, 0.5) is 0 Å². The molecule has 6 rings (SSSR count). The van der Waals surface area contributed by atoms with Crippen LogP contribution in [-0.4, -0.2) is 34.6 Å². The summed E-state index contributed by atoms with van der Waals surface area (Å²) in [6.45, 7) is 6.50. The van der Waals surface area contributed by atoms with E-state index in [0.29, 0.717) is 0 Å². The van der Waals surface area contributed by atoms with E-state index in [0.717, 1.165) is 61.2 Å². The molecule has 2 aliphatic rings. The molecule has 0 aliphatic carbocycles. The van der Waals surface area contributed by atoms with Crippen molar-refractivity contribution < 1.29 is 4.52 Å². The lowest BCUT2D eigenvalue weighted by atomic mass is 9.90. The standard InChI is InChI=1S/C33H38ClN3O.2ClH/c34-30-12-4-10-27(19-30)23-36-17-14-25(15-18-36)9-5-13-32-31-20-29-24-37(22-26-7-2-1-3-8-26)16-6-11-28(29)21-33(31)38-35-32;;/h1-4,7-8,10,12,19-21,25H,5-6,9,11,13-18,22-24H2;2*1H. The van der Waals surface area contributed by atoms with Gasteiger partial charge in [-0.05, 0) is 117 Å². The van der Waals surface area contributed by atoms with Crippen molar-refractivity contribution in [2.24, 2.45) is 5.92 Å². The molecule has 3 aromatic carbocycles. The molecule has 1 saturated heterocycles. The number of aryl methyl sites for hydroxylation is 2. The van der Waals surface area contributed by atoms with Gasteiger partial charge in [-0.25, -0.2) is 0 Å². The largest absolute Gasteiger partial charge is 0.356 e. The van der Waals surface area contributed by atoms with Gasteiger partial charge in [0.15, 0.2) is 5.58 Å². The molecular formula is C33H40Cl3N3O. The summed E-state index contributed by atoms with van der Waals surface area (Å²) in [6.07, 6.45) is 8.32. The first-order chi connectivity index (χ1) is 18.7. The molecule has 0 bridgehead atoms. The number of likely N-dealkylation sites (tertiary alicyclic amines) is 1. The minimum absolute atomic E-state index is 0. The van der Waals surface area contributed by atoms with Gasteiger partial charge in [0.2, 0.25) is 0 Å². The number of hydrogen-bond donors (Lipinski definition) is 0. The van der Waals surface area contributed by atoms with Crippen LogP contribution >= 0.6 is 36.4 Å². The normalized spacial score (nSPS) is 16.6. The smallest absolute Gasteiger partial charge is 0.167 e. The Kier molecular flexibility index (Phi) is 11.3. The van der Waals surface area contributed by atoms with Crippen molar-refractivity contribution >= 4 is 47.4 Å². The summed E-state index contributed by atoms with van der Waals surface area (Å²) in [7, 11) is 0. The van der Waals surface area contributed by atoms with Crippen LogP contribution in [0, 0.1) is 5.92 Å². The highest BCUT2D eigenvalue weighted by Gasteiger charge is 2.21. The Hall–Kier alpha value is -2.08. The van der Waals surface area contributed by atoms with E-state index in [1.54, 1.807) is 0 Å². The number of fused-ring (bicyclic) bond motifs is 2. The zero-order valence-electron chi connectivity index (χ0n) is 23.1. The Labute approximate surface area is 255 Å². The van der Waals surface area contributed by atoms with Crippen molar-refractivity contribution in [3.8, 4) is 0 Å². The number of aromatic nitrogens is 1. The third-order valence-electron chi connectivity index (χ3n) is 8.46. The minimum Gasteiger partial charge on any atom is -0.356 e. The molecule has 4 nitrogen and oxygen atoms in total. The lowest BCUT2D eigenvalue weighted by Gasteiger charge is -2.32. The van der Waals surface area contributed by atoms with Crippen molar-refractivity contribution in [3.05, 3.63) is 99.7 Å². The van der Waals surface area contributed by atoms with E-state index in [2.05, 4.69) is 75.6 Å². The van der Waals surface area contributed by atoms with Gasteiger partial charge in [-0.15, -0.1) is 24.8 Å². The number of hydrogen-bond acceptors (Lipinski definition) is 4. The molecule has 0 atom stereocenters. The second kappa shape index (κ2) is 14.7. The number of halogens is 3. The molecule has 2 aliphatic heterocycles. The summed E-state index contributed by atoms with van der Waals surface area (Å²) in [5, 5.41) is 6.57. The Morgan fingerprint density at radius 2 is 1.60 bits per heavy atom. The molecule has 4 aromatic rings. The molecule has 214 valence electrons. The molecule has 1 aromatic heterocycles. The molecule has 1 fully saturated rings. The van der Waals surface area contributed by atoms with Gasteiger partial charge in [-0.2, -0.15) is 0 Å². The molecule has 0 N–H and O–H groups in total. The van der Waals surface area contributed by atoms with Crippen molar-refractivity contribution in [2.45, 2.75) is 64.6 Å². The Balaban J connectivity index is 0.00000185. The zero-order chi connectivity index (χ0) is 25.7. The summed E-state index contributed by atoms with van der Waals surface area (Å²) in [4.78, 5) is 5.15. The average Bonchev–Trinajstić information content (AvgIpc) is 3.20. The summed E-state index contributed by atoms with van der Waals surface area (Å²) in [6, 6.07) is 23.8. The summed E-state index contributed by atoms with van der Waals surface area (Å²) < 4.78 is 5.82. The highest BCUT2D eigenvalue weighted by molar-refractivity contribution is 6.30. The molecule has 0 spiro atoms. The second-order valence-electron chi connectivity index (χ2n) is 11.3. The molecule has 3 heterocycles. The number of benzene rings is 3. The van der Waals surface area contributed by atoms with Crippen LogP contribution in [-0.2, 0) is 32.5 Å². The quantitative estimate of drug-likeness (QED) is 0.203. The van der Waals surface area contributed by atoms with Crippen LogP contribution in [0.15, 0.2) is 71.3 Å². The zero-order valence-corrected chi connectivity index (χ0v) is 25.5. The Bertz CT molecular complexity index is 1350. The van der Waals surface area contributed by atoms with Crippen LogP contribution in [0.25, 0.3) is 11.0 Å². The highest BCUT2D eigenvalue weighted by Crippen LogP contribution is 2.30. The van der Waals surface area contributed by atoms with Gasteiger partial charge in [0.25, 0.3) is 0 Å². The van der Waals surface area contributed by atoms with Crippen molar-refractivity contribution in [2.75, 3.05) is 19.6 Å². The lowest BCUT2D eigenvalue weighted by molar-refractivity contribution is 0.171. The summed E-state index contributed by atoms with van der Waals surface area (Å²) in [5.74, 6) is 0.812. The number of piperidine rings is 1. The lowest BCUT2D eigenvalue weighted by Crippen LogP contribution is -2.33. The first kappa shape index (κ1) is 30.9. The topological polar surface area (TPSA) is 32.5 Å². The molecule has 0 unspecified atom stereocenters. The van der Waals surface area contributed by atoms with E-state index in [4.69, 9.17) is 16.1 Å². The third-order valence-corrected chi connectivity index (χ3v) is 8.69. The number of nitrogens with zero attached hydrogens (tertiary/aromatic N) is 3. The van der Waals surface area contributed by atoms with Gasteiger partial charge in [0.1, 0.15) is 0 Å². The molecule has 0 amide bonds. The molecule has 0 radical (unpaired) electrons. The minimum atomic E-state index is 0. The van der Waals surface area contributed by atoms with E-state index in [-0.39, 0.29) is 24.8 Å². The van der Waals surface area contributed by atoms with Crippen LogP contribution in [0.3, 0.4) is 0 Å². The SMILES string of the molecule is Cl.Cl.Clc1cccc(CN2CCC(CCCc3noc4cc5c(cc34)CN(Cc3ccccc3)CCC5)CC2)c1. The average molecular weight is 601 g/mol. The van der Waals surface area contributed by atoms with Gasteiger partial charge >= 0.3 is 0 Å². The Morgan fingerprint density at radius 3 is 2.40 bits per heavy atom. The van der Waals surface area contributed by atoms with Crippen molar-refractivity contribution in [1.82, 2.24) is 15.0 Å². The van der Waals surface area contributed by atoms with E-state index in [1.807, 2.05) is 6.07 Å². The number of rotatable bonds is 8. The molecule has 40 heavy (non-hydrogen) atoms. The van der Waals surface area contributed by atoms with E-state index in [9.17, 15) is 0 Å². The predicted octanol–water partition coefficient (Wildman–Crippen LogP) is 8.51. The van der Waals surface area contributed by atoms with Gasteiger partial charge in [0.05, 0.1) is 5.69 Å². The summed E-state index contributed by atoms with van der Waals surface area (Å²) >= 11 is 6.17. The fourth-order valence-corrected chi connectivity index (χ4v) is 6.57. The molecule has 7 heteroatoms.